The molecule has 6 heteroatoms. The number of carbonyl (C=O) groups is 1. The molecule has 0 saturated carbocycles. The van der Waals surface area contributed by atoms with Crippen molar-refractivity contribution in [2.45, 2.75) is 38.5 Å². The third kappa shape index (κ3) is 2.97. The fourth-order valence-electron chi connectivity index (χ4n) is 3.09. The monoisotopic (exact) mass is 306 g/mol. The van der Waals surface area contributed by atoms with E-state index in [0.717, 1.165) is 30.0 Å². The minimum atomic E-state index is -1.01. The molecule has 1 amide bonds. The van der Waals surface area contributed by atoms with E-state index in [1.165, 1.54) is 0 Å². The molecule has 0 aliphatic carbocycles. The van der Waals surface area contributed by atoms with E-state index < -0.39 is 6.09 Å². The van der Waals surface area contributed by atoms with Gasteiger partial charge in [0.25, 0.3) is 0 Å². The SMILES string of the molecule is C[C@H]1[C@H](C)Nc2ccc(OC3CCOC3)cc2[C@@H]1NC(=O)O. The minimum Gasteiger partial charge on any atom is -0.488 e. The first-order chi connectivity index (χ1) is 10.5. The van der Waals surface area contributed by atoms with E-state index in [9.17, 15) is 4.79 Å². The van der Waals surface area contributed by atoms with Gasteiger partial charge >= 0.3 is 6.09 Å². The molecule has 2 aliphatic rings. The number of nitrogens with one attached hydrogen (secondary N) is 2. The fraction of sp³-hybridized carbons (Fsp3) is 0.562. The van der Waals surface area contributed by atoms with Crippen LogP contribution in [0.1, 0.15) is 31.9 Å². The number of hydrogen-bond donors (Lipinski definition) is 3. The average molecular weight is 306 g/mol. The number of fused-ring (bicyclic) bond motifs is 1. The van der Waals surface area contributed by atoms with Crippen molar-refractivity contribution < 1.29 is 19.4 Å². The third-order valence-electron chi connectivity index (χ3n) is 4.53. The highest BCUT2D eigenvalue weighted by atomic mass is 16.5. The van der Waals surface area contributed by atoms with Gasteiger partial charge in [-0.15, -0.1) is 0 Å². The van der Waals surface area contributed by atoms with Crippen LogP contribution in [0, 0.1) is 5.92 Å². The molecule has 6 nitrogen and oxygen atoms in total. The summed E-state index contributed by atoms with van der Waals surface area (Å²) in [5.41, 5.74) is 1.89. The molecule has 3 N–H and O–H groups in total. The number of rotatable bonds is 3. The van der Waals surface area contributed by atoms with Gasteiger partial charge < -0.3 is 25.2 Å². The second kappa shape index (κ2) is 6.04. The van der Waals surface area contributed by atoms with E-state index in [4.69, 9.17) is 14.6 Å². The molecule has 2 heterocycles. The number of hydrogen-bond acceptors (Lipinski definition) is 4. The number of carboxylic acid groups (broad SMARTS) is 1. The largest absolute Gasteiger partial charge is 0.488 e. The van der Waals surface area contributed by atoms with Crippen molar-refractivity contribution in [3.63, 3.8) is 0 Å². The predicted octanol–water partition coefficient (Wildman–Crippen LogP) is 2.61. The molecule has 0 spiro atoms. The Kier molecular flexibility index (Phi) is 4.11. The van der Waals surface area contributed by atoms with Crippen LogP contribution in [0.25, 0.3) is 0 Å². The Morgan fingerprint density at radius 2 is 2.27 bits per heavy atom. The Morgan fingerprint density at radius 3 is 2.95 bits per heavy atom. The highest BCUT2D eigenvalue weighted by Crippen LogP contribution is 2.38. The van der Waals surface area contributed by atoms with Gasteiger partial charge in [0.15, 0.2) is 0 Å². The molecular weight excluding hydrogens is 284 g/mol. The van der Waals surface area contributed by atoms with Crippen LogP contribution in [0.4, 0.5) is 10.5 Å². The number of anilines is 1. The summed E-state index contributed by atoms with van der Waals surface area (Å²) >= 11 is 0. The summed E-state index contributed by atoms with van der Waals surface area (Å²) < 4.78 is 11.2. The van der Waals surface area contributed by atoms with Crippen LogP contribution in [0.15, 0.2) is 18.2 Å². The third-order valence-corrected chi connectivity index (χ3v) is 4.53. The fourth-order valence-corrected chi connectivity index (χ4v) is 3.09. The zero-order valence-corrected chi connectivity index (χ0v) is 12.8. The van der Waals surface area contributed by atoms with Crippen molar-refractivity contribution >= 4 is 11.8 Å². The summed E-state index contributed by atoms with van der Waals surface area (Å²) in [6.45, 7) is 5.44. The van der Waals surface area contributed by atoms with Gasteiger partial charge in [-0.3, -0.25) is 0 Å². The molecule has 4 atom stereocenters. The normalized spacial score (nSPS) is 30.3. The van der Waals surface area contributed by atoms with E-state index in [1.807, 2.05) is 25.1 Å². The molecule has 3 rings (SSSR count). The molecule has 120 valence electrons. The van der Waals surface area contributed by atoms with Crippen LogP contribution in [0.2, 0.25) is 0 Å². The van der Waals surface area contributed by atoms with Crippen molar-refractivity contribution in [1.82, 2.24) is 5.32 Å². The lowest BCUT2D eigenvalue weighted by atomic mass is 9.84. The summed E-state index contributed by atoms with van der Waals surface area (Å²) in [5, 5.41) is 15.2. The van der Waals surface area contributed by atoms with E-state index >= 15 is 0 Å². The van der Waals surface area contributed by atoms with E-state index in [1.54, 1.807) is 0 Å². The van der Waals surface area contributed by atoms with Crippen molar-refractivity contribution in [1.29, 1.82) is 0 Å². The molecule has 1 saturated heterocycles. The van der Waals surface area contributed by atoms with E-state index in [-0.39, 0.29) is 24.1 Å². The van der Waals surface area contributed by atoms with Crippen LogP contribution in [-0.2, 0) is 4.74 Å². The van der Waals surface area contributed by atoms with Crippen LogP contribution in [0.5, 0.6) is 5.75 Å². The van der Waals surface area contributed by atoms with Crippen molar-refractivity contribution in [2.75, 3.05) is 18.5 Å². The molecule has 1 aromatic carbocycles. The summed E-state index contributed by atoms with van der Waals surface area (Å²) in [6, 6.07) is 5.76. The number of amides is 1. The zero-order chi connectivity index (χ0) is 15.7. The number of ether oxygens (including phenoxy) is 2. The van der Waals surface area contributed by atoms with Crippen LogP contribution in [0.3, 0.4) is 0 Å². The first-order valence-corrected chi connectivity index (χ1v) is 7.69. The lowest BCUT2D eigenvalue weighted by Crippen LogP contribution is -2.42. The standard InChI is InChI=1S/C16H22N2O4/c1-9-10(2)17-14-4-3-11(22-12-5-6-21-8-12)7-13(14)15(9)18-16(19)20/h3-4,7,9-10,12,15,17-18H,5-6,8H2,1-2H3,(H,19,20)/t9-,10-,12?,15+/m0/s1. The minimum absolute atomic E-state index is 0.0804. The maximum atomic E-state index is 11.1. The molecule has 2 aliphatic heterocycles. The quantitative estimate of drug-likeness (QED) is 0.800. The van der Waals surface area contributed by atoms with Crippen molar-refractivity contribution in [3.8, 4) is 5.75 Å². The number of benzene rings is 1. The average Bonchev–Trinajstić information content (AvgIpc) is 2.97. The van der Waals surface area contributed by atoms with Gasteiger partial charge in [-0.1, -0.05) is 6.92 Å². The molecule has 1 aromatic rings. The molecule has 1 unspecified atom stereocenters. The van der Waals surface area contributed by atoms with Crippen LogP contribution >= 0.6 is 0 Å². The lowest BCUT2D eigenvalue weighted by molar-refractivity contribution is 0.141. The van der Waals surface area contributed by atoms with Crippen LogP contribution in [-0.4, -0.2) is 36.6 Å². The Labute approximate surface area is 129 Å². The molecule has 0 aromatic heterocycles. The molecule has 0 bridgehead atoms. The second-order valence-electron chi connectivity index (χ2n) is 6.07. The molecule has 22 heavy (non-hydrogen) atoms. The van der Waals surface area contributed by atoms with Gasteiger partial charge in [0.05, 0.1) is 19.3 Å². The van der Waals surface area contributed by atoms with Crippen molar-refractivity contribution in [2.24, 2.45) is 5.92 Å². The van der Waals surface area contributed by atoms with Crippen molar-refractivity contribution in [3.05, 3.63) is 23.8 Å². The highest BCUT2D eigenvalue weighted by molar-refractivity contribution is 5.67. The molecular formula is C16H22N2O4. The Hall–Kier alpha value is -1.95. The van der Waals surface area contributed by atoms with E-state index in [2.05, 4.69) is 17.6 Å². The van der Waals surface area contributed by atoms with Crippen LogP contribution < -0.4 is 15.4 Å². The smallest absolute Gasteiger partial charge is 0.405 e. The second-order valence-corrected chi connectivity index (χ2v) is 6.07. The maximum absolute atomic E-state index is 11.1. The predicted molar refractivity (Wildman–Crippen MR) is 82.4 cm³/mol. The Morgan fingerprint density at radius 1 is 1.45 bits per heavy atom. The maximum Gasteiger partial charge on any atom is 0.405 e. The first kappa shape index (κ1) is 15.0. The Bertz CT molecular complexity index is 557. The first-order valence-electron chi connectivity index (χ1n) is 7.69. The topological polar surface area (TPSA) is 79.8 Å². The molecule has 0 radical (unpaired) electrons. The summed E-state index contributed by atoms with van der Waals surface area (Å²) in [4.78, 5) is 11.1. The lowest BCUT2D eigenvalue weighted by Gasteiger charge is -2.37. The van der Waals surface area contributed by atoms with Gasteiger partial charge in [0, 0.05) is 29.6 Å². The summed E-state index contributed by atoms with van der Waals surface area (Å²) in [6.07, 6.45) is -0.0382. The summed E-state index contributed by atoms with van der Waals surface area (Å²) in [5.74, 6) is 0.906. The Balaban J connectivity index is 1.86. The van der Waals surface area contributed by atoms with Gasteiger partial charge in [0.2, 0.25) is 0 Å². The zero-order valence-electron chi connectivity index (χ0n) is 12.8. The van der Waals surface area contributed by atoms with E-state index in [0.29, 0.717) is 6.61 Å². The van der Waals surface area contributed by atoms with Gasteiger partial charge in [-0.05, 0) is 25.1 Å². The van der Waals surface area contributed by atoms with Gasteiger partial charge in [-0.2, -0.15) is 0 Å². The highest BCUT2D eigenvalue weighted by Gasteiger charge is 2.33. The molecule has 1 fully saturated rings. The van der Waals surface area contributed by atoms with Gasteiger partial charge in [-0.25, -0.2) is 4.79 Å². The van der Waals surface area contributed by atoms with Gasteiger partial charge in [0.1, 0.15) is 11.9 Å². The summed E-state index contributed by atoms with van der Waals surface area (Å²) in [7, 11) is 0.